The highest BCUT2D eigenvalue weighted by Crippen LogP contribution is 2.20. The van der Waals surface area contributed by atoms with Crippen LogP contribution in [0.4, 0.5) is 0 Å². The second kappa shape index (κ2) is 7.97. The summed E-state index contributed by atoms with van der Waals surface area (Å²) >= 11 is 0. The molecule has 0 amide bonds. The summed E-state index contributed by atoms with van der Waals surface area (Å²) in [6, 6.07) is 17.6. The topological polar surface area (TPSA) is 60.5 Å². The Balaban J connectivity index is 1.40. The van der Waals surface area contributed by atoms with Crippen LogP contribution in [0.5, 0.6) is 0 Å². The fourth-order valence-corrected chi connectivity index (χ4v) is 3.76. The number of rotatable bonds is 4. The average molecular weight is 373 g/mol. The van der Waals surface area contributed by atoms with E-state index in [0.29, 0.717) is 11.1 Å². The fourth-order valence-electron chi connectivity index (χ4n) is 3.76. The smallest absolute Gasteiger partial charge is 0.336 e. The van der Waals surface area contributed by atoms with Gasteiger partial charge in [-0.3, -0.25) is 9.80 Å². The van der Waals surface area contributed by atoms with Gasteiger partial charge in [0.15, 0.2) is 0 Å². The lowest BCUT2D eigenvalue weighted by molar-refractivity contribution is 0.122. The van der Waals surface area contributed by atoms with E-state index >= 15 is 0 Å². The van der Waals surface area contributed by atoms with Crippen molar-refractivity contribution in [3.8, 4) is 6.07 Å². The van der Waals surface area contributed by atoms with Crippen LogP contribution in [-0.4, -0.2) is 36.0 Å². The molecule has 1 aliphatic rings. The first-order chi connectivity index (χ1) is 13.6. The van der Waals surface area contributed by atoms with Crippen molar-refractivity contribution in [3.05, 3.63) is 81.2 Å². The fraction of sp³-hybridized carbons (Fsp3) is 0.304. The minimum Gasteiger partial charge on any atom is -0.423 e. The predicted octanol–water partition coefficient (Wildman–Crippen LogP) is 3.29. The van der Waals surface area contributed by atoms with Gasteiger partial charge in [0, 0.05) is 50.7 Å². The lowest BCUT2D eigenvalue weighted by Crippen LogP contribution is -2.45. The Hall–Kier alpha value is -2.94. The third-order valence-electron chi connectivity index (χ3n) is 5.33. The van der Waals surface area contributed by atoms with E-state index in [9.17, 15) is 4.79 Å². The normalized spacial score (nSPS) is 15.6. The molecule has 142 valence electrons. The van der Waals surface area contributed by atoms with Crippen LogP contribution in [0.25, 0.3) is 11.0 Å². The first-order valence-corrected chi connectivity index (χ1v) is 9.58. The van der Waals surface area contributed by atoms with Crippen molar-refractivity contribution >= 4 is 11.0 Å². The van der Waals surface area contributed by atoms with Gasteiger partial charge >= 0.3 is 5.63 Å². The number of benzene rings is 2. The molecule has 0 bridgehead atoms. The molecular formula is C23H23N3O2. The Labute approximate surface area is 164 Å². The number of nitrogens with zero attached hydrogens (tertiary/aromatic N) is 3. The molecule has 0 atom stereocenters. The zero-order valence-electron chi connectivity index (χ0n) is 16.0. The van der Waals surface area contributed by atoms with Crippen LogP contribution < -0.4 is 5.63 Å². The summed E-state index contributed by atoms with van der Waals surface area (Å²) in [7, 11) is 0. The molecule has 0 radical (unpaired) electrons. The van der Waals surface area contributed by atoms with E-state index in [1.165, 1.54) is 5.56 Å². The molecule has 3 aromatic rings. The lowest BCUT2D eigenvalue weighted by atomic mass is 10.1. The molecule has 2 aromatic carbocycles. The maximum absolute atomic E-state index is 11.9. The standard InChI is InChI=1S/C23H23N3O2/c1-17-2-7-21-20(13-23(27)28-22(21)12-17)16-26-10-8-25(9-11-26)15-19-5-3-18(14-24)4-6-19/h2-7,12-13H,8-11,15-16H2,1H3. The van der Waals surface area contributed by atoms with Gasteiger partial charge in [0.2, 0.25) is 0 Å². The molecule has 5 nitrogen and oxygen atoms in total. The monoisotopic (exact) mass is 373 g/mol. The van der Waals surface area contributed by atoms with E-state index in [-0.39, 0.29) is 5.63 Å². The van der Waals surface area contributed by atoms with Gasteiger partial charge in [-0.05, 0) is 41.8 Å². The van der Waals surface area contributed by atoms with Crippen LogP contribution in [-0.2, 0) is 13.1 Å². The summed E-state index contributed by atoms with van der Waals surface area (Å²) in [6.07, 6.45) is 0. The Bertz CT molecular complexity index is 1070. The minimum atomic E-state index is -0.285. The first kappa shape index (κ1) is 18.4. The molecular weight excluding hydrogens is 350 g/mol. The van der Waals surface area contributed by atoms with Crippen molar-refractivity contribution in [1.82, 2.24) is 9.80 Å². The van der Waals surface area contributed by atoms with Crippen LogP contribution in [0.2, 0.25) is 0 Å². The Kier molecular flexibility index (Phi) is 5.25. The number of piperazine rings is 1. The molecule has 0 N–H and O–H groups in total. The van der Waals surface area contributed by atoms with Crippen molar-refractivity contribution in [3.63, 3.8) is 0 Å². The summed E-state index contributed by atoms with van der Waals surface area (Å²) in [5.41, 5.74) is 4.43. The van der Waals surface area contributed by atoms with Gasteiger partial charge in [-0.1, -0.05) is 24.3 Å². The van der Waals surface area contributed by atoms with Crippen molar-refractivity contribution in [2.24, 2.45) is 0 Å². The molecule has 1 fully saturated rings. The van der Waals surface area contributed by atoms with Crippen LogP contribution in [0, 0.1) is 18.3 Å². The summed E-state index contributed by atoms with van der Waals surface area (Å²) < 4.78 is 5.37. The van der Waals surface area contributed by atoms with Gasteiger partial charge in [0.25, 0.3) is 0 Å². The van der Waals surface area contributed by atoms with Gasteiger partial charge < -0.3 is 4.42 Å². The van der Waals surface area contributed by atoms with Crippen molar-refractivity contribution < 1.29 is 4.42 Å². The molecule has 2 heterocycles. The Morgan fingerprint density at radius 1 is 0.964 bits per heavy atom. The number of hydrogen-bond donors (Lipinski definition) is 0. The van der Waals surface area contributed by atoms with Gasteiger partial charge in [-0.15, -0.1) is 0 Å². The van der Waals surface area contributed by atoms with Crippen molar-refractivity contribution in [1.29, 1.82) is 5.26 Å². The van der Waals surface area contributed by atoms with Crippen LogP contribution in [0.1, 0.15) is 22.3 Å². The molecule has 1 aliphatic heterocycles. The molecule has 0 aliphatic carbocycles. The zero-order valence-corrected chi connectivity index (χ0v) is 16.0. The lowest BCUT2D eigenvalue weighted by Gasteiger charge is -2.34. The first-order valence-electron chi connectivity index (χ1n) is 9.58. The molecule has 4 rings (SSSR count). The quantitative estimate of drug-likeness (QED) is 0.657. The second-order valence-electron chi connectivity index (χ2n) is 7.45. The summed E-state index contributed by atoms with van der Waals surface area (Å²) in [5.74, 6) is 0. The van der Waals surface area contributed by atoms with E-state index in [1.807, 2.05) is 43.3 Å². The van der Waals surface area contributed by atoms with Gasteiger partial charge in [0.1, 0.15) is 5.58 Å². The molecule has 1 aromatic heterocycles. The van der Waals surface area contributed by atoms with Crippen LogP contribution in [0.15, 0.2) is 57.7 Å². The van der Waals surface area contributed by atoms with Gasteiger partial charge in [-0.25, -0.2) is 4.79 Å². The minimum absolute atomic E-state index is 0.285. The molecule has 28 heavy (non-hydrogen) atoms. The van der Waals surface area contributed by atoms with Gasteiger partial charge in [0.05, 0.1) is 11.6 Å². The molecule has 1 saturated heterocycles. The third-order valence-corrected chi connectivity index (χ3v) is 5.33. The predicted molar refractivity (Wildman–Crippen MR) is 109 cm³/mol. The number of aryl methyl sites for hydroxylation is 1. The number of nitriles is 1. The second-order valence-corrected chi connectivity index (χ2v) is 7.45. The van der Waals surface area contributed by atoms with E-state index in [2.05, 4.69) is 21.9 Å². The highest BCUT2D eigenvalue weighted by atomic mass is 16.4. The number of fused-ring (bicyclic) bond motifs is 1. The average Bonchev–Trinajstić information content (AvgIpc) is 2.69. The summed E-state index contributed by atoms with van der Waals surface area (Å²) in [4.78, 5) is 16.8. The molecule has 0 spiro atoms. The summed E-state index contributed by atoms with van der Waals surface area (Å²) in [5, 5.41) is 9.92. The molecule has 5 heteroatoms. The van der Waals surface area contributed by atoms with Gasteiger partial charge in [-0.2, -0.15) is 5.26 Å². The third kappa shape index (κ3) is 4.14. The largest absolute Gasteiger partial charge is 0.423 e. The highest BCUT2D eigenvalue weighted by molar-refractivity contribution is 5.80. The maximum Gasteiger partial charge on any atom is 0.336 e. The van der Waals surface area contributed by atoms with E-state index in [4.69, 9.17) is 9.68 Å². The van der Waals surface area contributed by atoms with E-state index in [1.54, 1.807) is 6.07 Å². The maximum atomic E-state index is 11.9. The zero-order chi connectivity index (χ0) is 19.5. The van der Waals surface area contributed by atoms with Crippen LogP contribution in [0.3, 0.4) is 0 Å². The SMILES string of the molecule is Cc1ccc2c(CN3CCN(Cc4ccc(C#N)cc4)CC3)cc(=O)oc2c1. The Morgan fingerprint density at radius 2 is 1.64 bits per heavy atom. The van der Waals surface area contributed by atoms with E-state index < -0.39 is 0 Å². The Morgan fingerprint density at radius 3 is 2.32 bits per heavy atom. The van der Waals surface area contributed by atoms with E-state index in [0.717, 1.165) is 55.8 Å². The highest BCUT2D eigenvalue weighted by Gasteiger charge is 2.18. The van der Waals surface area contributed by atoms with Crippen molar-refractivity contribution in [2.45, 2.75) is 20.0 Å². The molecule has 0 unspecified atom stereocenters. The molecule has 0 saturated carbocycles. The summed E-state index contributed by atoms with van der Waals surface area (Å²) in [6.45, 7) is 7.55. The van der Waals surface area contributed by atoms with Crippen LogP contribution >= 0.6 is 0 Å². The number of hydrogen-bond acceptors (Lipinski definition) is 5. The van der Waals surface area contributed by atoms with Crippen molar-refractivity contribution in [2.75, 3.05) is 26.2 Å².